The van der Waals surface area contributed by atoms with Crippen LogP contribution in [-0.4, -0.2) is 36.3 Å². The lowest BCUT2D eigenvalue weighted by atomic mass is 9.98. The molecular weight excluding hydrogens is 368 g/mol. The standard InChI is InChI=1S/C23H24N2O4/c1-3-4-10-23(27)29-16-22(26)25-21(18-11-13-19(28-2)14-12-18)15-20(24-25)17-8-6-5-7-9-17/h4-14,21H,3,15-16H2,1-2H3/b10-4+/t21-/m0/s1. The zero-order valence-corrected chi connectivity index (χ0v) is 16.6. The van der Waals surface area contributed by atoms with Crippen LogP contribution in [0.1, 0.15) is 36.9 Å². The summed E-state index contributed by atoms with van der Waals surface area (Å²) >= 11 is 0. The smallest absolute Gasteiger partial charge is 0.330 e. The van der Waals surface area contributed by atoms with Gasteiger partial charge in [-0.05, 0) is 29.7 Å². The number of carbonyl (C=O) groups is 2. The number of amides is 1. The summed E-state index contributed by atoms with van der Waals surface area (Å²) < 4.78 is 10.3. The highest BCUT2D eigenvalue weighted by Crippen LogP contribution is 2.33. The Kier molecular flexibility index (Phi) is 6.79. The van der Waals surface area contributed by atoms with E-state index in [1.54, 1.807) is 13.2 Å². The van der Waals surface area contributed by atoms with Crippen LogP contribution in [0.5, 0.6) is 5.75 Å². The first-order valence-electron chi connectivity index (χ1n) is 9.54. The number of hydrogen-bond acceptors (Lipinski definition) is 5. The van der Waals surface area contributed by atoms with Gasteiger partial charge in [0.25, 0.3) is 5.91 Å². The van der Waals surface area contributed by atoms with Gasteiger partial charge in [0.1, 0.15) is 5.75 Å². The summed E-state index contributed by atoms with van der Waals surface area (Å²) in [5.41, 5.74) is 2.71. The minimum atomic E-state index is -0.535. The maximum atomic E-state index is 12.8. The third kappa shape index (κ3) is 5.10. The van der Waals surface area contributed by atoms with E-state index >= 15 is 0 Å². The molecule has 0 N–H and O–H groups in total. The number of methoxy groups -OCH3 is 1. The van der Waals surface area contributed by atoms with Crippen molar-refractivity contribution in [1.29, 1.82) is 0 Å². The Morgan fingerprint density at radius 2 is 1.86 bits per heavy atom. The molecule has 150 valence electrons. The molecule has 3 rings (SSSR count). The summed E-state index contributed by atoms with van der Waals surface area (Å²) in [4.78, 5) is 24.5. The van der Waals surface area contributed by atoms with Crippen molar-refractivity contribution in [2.24, 2.45) is 5.10 Å². The predicted molar refractivity (Wildman–Crippen MR) is 111 cm³/mol. The normalized spacial score (nSPS) is 16.0. The van der Waals surface area contributed by atoms with Crippen molar-refractivity contribution in [2.45, 2.75) is 25.8 Å². The molecule has 0 saturated carbocycles. The lowest BCUT2D eigenvalue weighted by Gasteiger charge is -2.22. The molecule has 0 bridgehead atoms. The molecule has 0 fully saturated rings. The SMILES string of the molecule is CC/C=C/C(=O)OCC(=O)N1N=C(c2ccccc2)C[C@H]1c1ccc(OC)cc1. The van der Waals surface area contributed by atoms with Gasteiger partial charge in [0, 0.05) is 12.5 Å². The second-order valence-electron chi connectivity index (χ2n) is 6.56. The molecule has 6 nitrogen and oxygen atoms in total. The number of benzene rings is 2. The van der Waals surface area contributed by atoms with Gasteiger partial charge in [-0.25, -0.2) is 9.80 Å². The first-order valence-corrected chi connectivity index (χ1v) is 9.54. The number of hydrogen-bond donors (Lipinski definition) is 0. The Balaban J connectivity index is 1.81. The maximum Gasteiger partial charge on any atom is 0.330 e. The van der Waals surface area contributed by atoms with E-state index in [1.807, 2.05) is 61.5 Å². The van der Waals surface area contributed by atoms with E-state index in [9.17, 15) is 9.59 Å². The molecule has 0 aliphatic carbocycles. The first kappa shape index (κ1) is 20.3. The van der Waals surface area contributed by atoms with Gasteiger partial charge < -0.3 is 9.47 Å². The van der Waals surface area contributed by atoms with Crippen LogP contribution in [0.3, 0.4) is 0 Å². The van der Waals surface area contributed by atoms with Gasteiger partial charge >= 0.3 is 5.97 Å². The second kappa shape index (κ2) is 9.68. The van der Waals surface area contributed by atoms with Crippen molar-refractivity contribution in [3.63, 3.8) is 0 Å². The fraction of sp³-hybridized carbons (Fsp3) is 0.261. The molecule has 6 heteroatoms. The van der Waals surface area contributed by atoms with Crippen LogP contribution < -0.4 is 4.74 Å². The van der Waals surface area contributed by atoms with E-state index in [0.717, 1.165) is 29.0 Å². The summed E-state index contributed by atoms with van der Waals surface area (Å²) in [5.74, 6) is -0.159. The summed E-state index contributed by atoms with van der Waals surface area (Å²) in [7, 11) is 1.61. The Labute approximate surface area is 170 Å². The van der Waals surface area contributed by atoms with Crippen molar-refractivity contribution < 1.29 is 19.1 Å². The summed E-state index contributed by atoms with van der Waals surface area (Å²) in [6.07, 6.45) is 4.32. The molecular formula is C23H24N2O4. The van der Waals surface area contributed by atoms with E-state index in [1.165, 1.54) is 11.1 Å². The number of esters is 1. The van der Waals surface area contributed by atoms with Crippen molar-refractivity contribution >= 4 is 17.6 Å². The van der Waals surface area contributed by atoms with Crippen molar-refractivity contribution in [2.75, 3.05) is 13.7 Å². The van der Waals surface area contributed by atoms with Gasteiger partial charge in [0.15, 0.2) is 6.61 Å². The van der Waals surface area contributed by atoms with Crippen LogP contribution in [0, 0.1) is 0 Å². The van der Waals surface area contributed by atoms with Gasteiger partial charge in [0.2, 0.25) is 0 Å². The molecule has 0 radical (unpaired) electrons. The molecule has 1 atom stereocenters. The summed E-state index contributed by atoms with van der Waals surface area (Å²) in [6.45, 7) is 1.56. The molecule has 2 aromatic rings. The van der Waals surface area contributed by atoms with E-state index in [2.05, 4.69) is 5.10 Å². The highest BCUT2D eigenvalue weighted by molar-refractivity contribution is 6.03. The lowest BCUT2D eigenvalue weighted by molar-refractivity contribution is -0.149. The molecule has 29 heavy (non-hydrogen) atoms. The number of carbonyl (C=O) groups excluding carboxylic acids is 2. The molecule has 1 heterocycles. The Morgan fingerprint density at radius 3 is 2.52 bits per heavy atom. The lowest BCUT2D eigenvalue weighted by Crippen LogP contribution is -2.31. The molecule has 0 spiro atoms. The monoisotopic (exact) mass is 392 g/mol. The molecule has 1 aliphatic rings. The Hall–Kier alpha value is -3.41. The maximum absolute atomic E-state index is 12.8. The predicted octanol–water partition coefficient (Wildman–Crippen LogP) is 3.88. The summed E-state index contributed by atoms with van der Waals surface area (Å²) in [5, 5.41) is 5.98. The molecule has 0 saturated heterocycles. The Bertz CT molecular complexity index is 904. The van der Waals surface area contributed by atoms with Gasteiger partial charge in [-0.3, -0.25) is 4.79 Å². The molecule has 1 amide bonds. The largest absolute Gasteiger partial charge is 0.497 e. The zero-order chi connectivity index (χ0) is 20.6. The fourth-order valence-corrected chi connectivity index (χ4v) is 3.09. The van der Waals surface area contributed by atoms with Crippen LogP contribution in [0.4, 0.5) is 0 Å². The van der Waals surface area contributed by atoms with E-state index in [-0.39, 0.29) is 18.6 Å². The number of allylic oxidation sites excluding steroid dienone is 1. The van der Waals surface area contributed by atoms with Crippen LogP contribution in [-0.2, 0) is 14.3 Å². The van der Waals surface area contributed by atoms with Gasteiger partial charge in [-0.1, -0.05) is 55.5 Å². The van der Waals surface area contributed by atoms with Crippen LogP contribution in [0.25, 0.3) is 0 Å². The van der Waals surface area contributed by atoms with Crippen LogP contribution >= 0.6 is 0 Å². The van der Waals surface area contributed by atoms with Crippen LogP contribution in [0.2, 0.25) is 0 Å². The van der Waals surface area contributed by atoms with Crippen molar-refractivity contribution in [3.05, 3.63) is 77.9 Å². The average Bonchev–Trinajstić information content (AvgIpc) is 3.22. The molecule has 0 unspecified atom stereocenters. The number of ether oxygens (including phenoxy) is 2. The van der Waals surface area contributed by atoms with Gasteiger partial charge in [-0.2, -0.15) is 5.10 Å². The Morgan fingerprint density at radius 1 is 1.14 bits per heavy atom. The quantitative estimate of drug-likeness (QED) is 0.530. The van der Waals surface area contributed by atoms with E-state index in [0.29, 0.717) is 6.42 Å². The first-order chi connectivity index (χ1) is 14.1. The highest BCUT2D eigenvalue weighted by atomic mass is 16.5. The highest BCUT2D eigenvalue weighted by Gasteiger charge is 2.33. The minimum Gasteiger partial charge on any atom is -0.497 e. The van der Waals surface area contributed by atoms with Crippen molar-refractivity contribution in [1.82, 2.24) is 5.01 Å². The van der Waals surface area contributed by atoms with E-state index < -0.39 is 5.97 Å². The van der Waals surface area contributed by atoms with Crippen LogP contribution in [0.15, 0.2) is 71.9 Å². The van der Waals surface area contributed by atoms with Gasteiger partial charge in [0.05, 0.1) is 18.9 Å². The average molecular weight is 392 g/mol. The minimum absolute atomic E-state index is 0.270. The van der Waals surface area contributed by atoms with Gasteiger partial charge in [-0.15, -0.1) is 0 Å². The number of hydrazone groups is 1. The number of rotatable bonds is 7. The molecule has 2 aromatic carbocycles. The molecule has 1 aliphatic heterocycles. The third-order valence-corrected chi connectivity index (χ3v) is 4.60. The van der Waals surface area contributed by atoms with Crippen molar-refractivity contribution in [3.8, 4) is 5.75 Å². The van der Waals surface area contributed by atoms with E-state index in [4.69, 9.17) is 9.47 Å². The number of nitrogens with zero attached hydrogens (tertiary/aromatic N) is 2. The summed E-state index contributed by atoms with van der Waals surface area (Å²) in [6, 6.07) is 17.0. The topological polar surface area (TPSA) is 68.2 Å². The second-order valence-corrected chi connectivity index (χ2v) is 6.56. The third-order valence-electron chi connectivity index (χ3n) is 4.60. The fourth-order valence-electron chi connectivity index (χ4n) is 3.09. The molecule has 0 aromatic heterocycles. The zero-order valence-electron chi connectivity index (χ0n) is 16.6.